The fraction of sp³-hybridized carbons (Fsp3) is 0.444. The summed E-state index contributed by atoms with van der Waals surface area (Å²) in [6.45, 7) is 3.66. The van der Waals surface area contributed by atoms with Gasteiger partial charge in [-0.25, -0.2) is 9.18 Å². The van der Waals surface area contributed by atoms with Gasteiger partial charge < -0.3 is 15.4 Å². The number of halogens is 1. The quantitative estimate of drug-likeness (QED) is 0.859. The van der Waals surface area contributed by atoms with Crippen molar-refractivity contribution in [1.29, 1.82) is 0 Å². The Morgan fingerprint density at radius 1 is 1.31 bits per heavy atom. The van der Waals surface area contributed by atoms with Crippen LogP contribution in [0, 0.1) is 5.82 Å². The molecule has 2 aliphatic rings. The number of piperidine rings is 1. The molecular weight excluding hydrogens is 339 g/mol. The van der Waals surface area contributed by atoms with Gasteiger partial charge >= 0.3 is 5.97 Å². The average molecular weight is 360 g/mol. The number of rotatable bonds is 3. The van der Waals surface area contributed by atoms with Crippen LogP contribution in [0.5, 0.6) is 0 Å². The van der Waals surface area contributed by atoms with Crippen LogP contribution in [0.4, 0.5) is 10.1 Å². The van der Waals surface area contributed by atoms with Crippen LogP contribution in [0.3, 0.4) is 0 Å². The van der Waals surface area contributed by atoms with Crippen molar-refractivity contribution in [2.75, 3.05) is 43.6 Å². The molecule has 2 aromatic rings. The molecule has 0 saturated carbocycles. The predicted molar refractivity (Wildman–Crippen MR) is 97.2 cm³/mol. The molecule has 8 heteroatoms. The van der Waals surface area contributed by atoms with Crippen molar-refractivity contribution >= 4 is 22.6 Å². The van der Waals surface area contributed by atoms with E-state index in [1.54, 1.807) is 13.1 Å². The van der Waals surface area contributed by atoms with Gasteiger partial charge in [0.15, 0.2) is 0 Å². The number of hydrogen-bond donors (Lipinski definition) is 2. The van der Waals surface area contributed by atoms with Gasteiger partial charge in [0.2, 0.25) is 5.43 Å². The van der Waals surface area contributed by atoms with Crippen molar-refractivity contribution in [3.63, 3.8) is 0 Å². The SMILES string of the molecule is CNn1cc(C(=O)O)c(=O)c2cc(F)c(N3CCN4CCCC3C4)cc21. The predicted octanol–water partition coefficient (Wildman–Crippen LogP) is 1.30. The van der Waals surface area contributed by atoms with E-state index in [1.165, 1.54) is 16.9 Å². The van der Waals surface area contributed by atoms with E-state index in [0.717, 1.165) is 39.0 Å². The minimum Gasteiger partial charge on any atom is -0.477 e. The molecule has 3 heterocycles. The Balaban J connectivity index is 1.87. The molecule has 0 spiro atoms. The zero-order chi connectivity index (χ0) is 18.4. The van der Waals surface area contributed by atoms with Gasteiger partial charge in [-0.3, -0.25) is 14.4 Å². The number of piperazine rings is 1. The molecule has 2 bridgehead atoms. The number of carbonyl (C=O) groups is 1. The second-order valence-corrected chi connectivity index (χ2v) is 6.88. The Bertz CT molecular complexity index is 942. The molecule has 26 heavy (non-hydrogen) atoms. The Kier molecular flexibility index (Phi) is 4.07. The summed E-state index contributed by atoms with van der Waals surface area (Å²) in [5, 5.41) is 9.28. The largest absolute Gasteiger partial charge is 0.477 e. The fourth-order valence-electron chi connectivity index (χ4n) is 4.13. The summed E-state index contributed by atoms with van der Waals surface area (Å²) in [6, 6.07) is 3.08. The zero-order valence-corrected chi connectivity index (χ0v) is 14.5. The first-order valence-corrected chi connectivity index (χ1v) is 8.78. The van der Waals surface area contributed by atoms with Crippen LogP contribution in [0.25, 0.3) is 10.9 Å². The summed E-state index contributed by atoms with van der Waals surface area (Å²) in [5.74, 6) is -1.82. The molecular formula is C18H21FN4O3. The van der Waals surface area contributed by atoms with Gasteiger partial charge in [0.05, 0.1) is 16.6 Å². The molecule has 0 radical (unpaired) electrons. The van der Waals surface area contributed by atoms with Gasteiger partial charge in [-0.05, 0) is 31.5 Å². The Labute approximate surface area is 149 Å². The third kappa shape index (κ3) is 2.61. The first-order valence-electron chi connectivity index (χ1n) is 8.78. The van der Waals surface area contributed by atoms with E-state index in [9.17, 15) is 19.1 Å². The van der Waals surface area contributed by atoms with Gasteiger partial charge in [-0.2, -0.15) is 0 Å². The van der Waals surface area contributed by atoms with Crippen molar-refractivity contribution in [2.45, 2.75) is 18.9 Å². The average Bonchev–Trinajstić information content (AvgIpc) is 2.63. The van der Waals surface area contributed by atoms with E-state index in [4.69, 9.17) is 0 Å². The zero-order valence-electron chi connectivity index (χ0n) is 14.5. The highest BCUT2D eigenvalue weighted by atomic mass is 19.1. The number of aromatic nitrogens is 1. The lowest BCUT2D eigenvalue weighted by molar-refractivity contribution is 0.0695. The number of nitrogens with one attached hydrogen (secondary N) is 1. The van der Waals surface area contributed by atoms with E-state index < -0.39 is 17.2 Å². The Hall–Kier alpha value is -2.61. The monoisotopic (exact) mass is 360 g/mol. The van der Waals surface area contributed by atoms with E-state index in [-0.39, 0.29) is 17.0 Å². The number of carboxylic acids is 1. The third-order valence-corrected chi connectivity index (χ3v) is 5.43. The molecule has 0 aliphatic carbocycles. The number of fused-ring (bicyclic) bond motifs is 3. The lowest BCUT2D eigenvalue weighted by atomic mass is 9.99. The van der Waals surface area contributed by atoms with E-state index >= 15 is 0 Å². The molecule has 2 saturated heterocycles. The van der Waals surface area contributed by atoms with E-state index in [1.807, 2.05) is 0 Å². The highest BCUT2D eigenvalue weighted by Crippen LogP contribution is 2.31. The van der Waals surface area contributed by atoms with E-state index in [0.29, 0.717) is 11.2 Å². The molecule has 0 amide bonds. The van der Waals surface area contributed by atoms with Crippen LogP contribution in [0.1, 0.15) is 23.2 Å². The molecule has 1 aromatic carbocycles. The number of anilines is 1. The highest BCUT2D eigenvalue weighted by Gasteiger charge is 2.32. The van der Waals surface area contributed by atoms with Crippen molar-refractivity contribution < 1.29 is 14.3 Å². The first kappa shape index (κ1) is 16.8. The van der Waals surface area contributed by atoms with Crippen molar-refractivity contribution in [1.82, 2.24) is 9.58 Å². The minimum absolute atomic E-state index is 0.0581. The van der Waals surface area contributed by atoms with Crippen molar-refractivity contribution in [3.05, 3.63) is 39.9 Å². The van der Waals surface area contributed by atoms with Gasteiger partial charge in [0.1, 0.15) is 11.4 Å². The van der Waals surface area contributed by atoms with Crippen LogP contribution < -0.4 is 15.8 Å². The number of pyridine rings is 1. The van der Waals surface area contributed by atoms with Gasteiger partial charge in [0, 0.05) is 38.9 Å². The number of carboxylic acid groups (broad SMARTS) is 1. The third-order valence-electron chi connectivity index (χ3n) is 5.43. The Morgan fingerprint density at radius 3 is 2.85 bits per heavy atom. The first-order chi connectivity index (χ1) is 12.5. The molecule has 7 nitrogen and oxygen atoms in total. The second-order valence-electron chi connectivity index (χ2n) is 6.88. The van der Waals surface area contributed by atoms with Gasteiger partial charge in [-0.1, -0.05) is 0 Å². The number of benzene rings is 1. The number of nitrogens with zero attached hydrogens (tertiary/aromatic N) is 3. The fourth-order valence-corrected chi connectivity index (χ4v) is 4.13. The van der Waals surface area contributed by atoms with E-state index in [2.05, 4.69) is 15.2 Å². The highest BCUT2D eigenvalue weighted by molar-refractivity contribution is 5.93. The van der Waals surface area contributed by atoms with Crippen molar-refractivity contribution in [2.24, 2.45) is 0 Å². The van der Waals surface area contributed by atoms with Crippen LogP contribution in [0.15, 0.2) is 23.1 Å². The molecule has 138 valence electrons. The Morgan fingerprint density at radius 2 is 2.12 bits per heavy atom. The summed E-state index contributed by atoms with van der Waals surface area (Å²) in [4.78, 5) is 28.2. The van der Waals surface area contributed by atoms with Crippen molar-refractivity contribution in [3.8, 4) is 0 Å². The standard InChI is InChI=1S/C18H21FN4O3/c1-20-23-10-13(18(25)26)17(24)12-7-14(19)16(8-15(12)23)22-6-5-21-4-2-3-11(22)9-21/h7-8,10-11,20H,2-6,9H2,1H3,(H,25,26). The summed E-state index contributed by atoms with van der Waals surface area (Å²) in [7, 11) is 1.62. The molecule has 2 atom stereocenters. The molecule has 2 N–H and O–H groups in total. The lowest BCUT2D eigenvalue weighted by Crippen LogP contribution is -2.56. The van der Waals surface area contributed by atoms with Gasteiger partial charge in [0.25, 0.3) is 0 Å². The van der Waals surface area contributed by atoms with Gasteiger partial charge in [-0.15, -0.1) is 0 Å². The molecule has 4 rings (SSSR count). The number of hydrogen-bond acceptors (Lipinski definition) is 5. The topological polar surface area (TPSA) is 77.8 Å². The maximum atomic E-state index is 14.9. The second kappa shape index (κ2) is 6.28. The lowest BCUT2D eigenvalue weighted by Gasteiger charge is -2.46. The molecule has 2 aliphatic heterocycles. The van der Waals surface area contributed by atoms with Crippen LogP contribution in [-0.2, 0) is 0 Å². The minimum atomic E-state index is -1.33. The van der Waals surface area contributed by atoms with Crippen LogP contribution in [0.2, 0.25) is 0 Å². The maximum absolute atomic E-state index is 14.9. The molecule has 1 aromatic heterocycles. The van der Waals surface area contributed by atoms with Crippen LogP contribution >= 0.6 is 0 Å². The smallest absolute Gasteiger partial charge is 0.341 e. The normalized spacial score (nSPS) is 22.5. The van der Waals surface area contributed by atoms with Crippen LogP contribution in [-0.4, -0.2) is 59.9 Å². The molecule has 2 fully saturated rings. The number of aromatic carboxylic acids is 1. The summed E-state index contributed by atoms with van der Waals surface area (Å²) in [5.41, 5.74) is 2.73. The summed E-state index contributed by atoms with van der Waals surface area (Å²) in [6.07, 6.45) is 3.36. The summed E-state index contributed by atoms with van der Waals surface area (Å²) >= 11 is 0. The summed E-state index contributed by atoms with van der Waals surface area (Å²) < 4.78 is 16.4. The molecule has 2 unspecified atom stereocenters. The maximum Gasteiger partial charge on any atom is 0.341 e.